The molecule has 2 aromatic carbocycles. The van der Waals surface area contributed by atoms with Gasteiger partial charge in [0.05, 0.1) is 38.7 Å². The third kappa shape index (κ3) is 3.33. The van der Waals surface area contributed by atoms with Crippen molar-refractivity contribution in [3.8, 4) is 11.5 Å². The van der Waals surface area contributed by atoms with Crippen LogP contribution in [0.5, 0.6) is 11.5 Å². The van der Waals surface area contributed by atoms with Gasteiger partial charge in [-0.3, -0.25) is 9.59 Å². The summed E-state index contributed by atoms with van der Waals surface area (Å²) >= 11 is 0. The second-order valence-corrected chi connectivity index (χ2v) is 8.45. The Labute approximate surface area is 186 Å². The molecule has 3 aliphatic rings. The topological polar surface area (TPSA) is 77.1 Å². The highest BCUT2D eigenvalue weighted by atomic mass is 16.5. The van der Waals surface area contributed by atoms with Crippen LogP contribution in [-0.2, 0) is 20.7 Å². The van der Waals surface area contributed by atoms with Crippen molar-refractivity contribution < 1.29 is 23.8 Å². The van der Waals surface area contributed by atoms with Gasteiger partial charge in [-0.05, 0) is 24.1 Å². The second kappa shape index (κ2) is 7.98. The number of carbonyl (C=O) groups is 2. The molecule has 0 aromatic heterocycles. The number of fused-ring (bicyclic) bond motifs is 1. The highest BCUT2D eigenvalue weighted by Crippen LogP contribution is 2.52. The first-order valence-electron chi connectivity index (χ1n) is 10.8. The van der Waals surface area contributed by atoms with Gasteiger partial charge in [0.15, 0.2) is 11.5 Å². The zero-order valence-electron chi connectivity index (χ0n) is 18.1. The van der Waals surface area contributed by atoms with E-state index in [2.05, 4.69) is 17.4 Å². The van der Waals surface area contributed by atoms with Crippen LogP contribution in [0.25, 0.3) is 0 Å². The monoisotopic (exact) mass is 434 g/mol. The Morgan fingerprint density at radius 3 is 2.69 bits per heavy atom. The van der Waals surface area contributed by atoms with Crippen LogP contribution in [0.1, 0.15) is 5.56 Å². The lowest BCUT2D eigenvalue weighted by atomic mass is 9.77. The van der Waals surface area contributed by atoms with Gasteiger partial charge in [0.2, 0.25) is 11.8 Å². The summed E-state index contributed by atoms with van der Waals surface area (Å²) in [6.45, 7) is 1.09. The maximum absolute atomic E-state index is 13.3. The maximum atomic E-state index is 13.3. The van der Waals surface area contributed by atoms with Crippen molar-refractivity contribution in [1.82, 2.24) is 4.90 Å². The molecule has 5 rings (SSSR count). The molecule has 7 heteroatoms. The molecule has 3 heterocycles. The quantitative estimate of drug-likeness (QED) is 0.678. The molecule has 2 aromatic rings. The molecular formula is C25H26N2O5. The molecule has 1 spiro atoms. The number of ether oxygens (including phenoxy) is 3. The number of hydrogen-bond donors (Lipinski definition) is 1. The van der Waals surface area contributed by atoms with Crippen molar-refractivity contribution in [1.29, 1.82) is 0 Å². The minimum atomic E-state index is -0.710. The molecule has 7 nitrogen and oxygen atoms in total. The van der Waals surface area contributed by atoms with E-state index in [0.717, 1.165) is 6.42 Å². The summed E-state index contributed by atoms with van der Waals surface area (Å²) in [5.74, 6) is -0.210. The minimum Gasteiger partial charge on any atom is -0.493 e. The van der Waals surface area contributed by atoms with E-state index in [1.807, 2.05) is 35.3 Å². The fourth-order valence-electron chi connectivity index (χ4n) is 5.12. The lowest BCUT2D eigenvalue weighted by molar-refractivity contribution is -0.135. The first-order chi connectivity index (χ1) is 15.5. The average Bonchev–Trinajstić information content (AvgIpc) is 3.46. The molecule has 2 fully saturated rings. The second-order valence-electron chi connectivity index (χ2n) is 8.45. The van der Waals surface area contributed by atoms with Crippen LogP contribution in [0.3, 0.4) is 0 Å². The van der Waals surface area contributed by atoms with Crippen LogP contribution >= 0.6 is 0 Å². The summed E-state index contributed by atoms with van der Waals surface area (Å²) in [6, 6.07) is 15.3. The molecule has 166 valence electrons. The molecule has 32 heavy (non-hydrogen) atoms. The Balaban J connectivity index is 1.32. The van der Waals surface area contributed by atoms with E-state index in [1.165, 1.54) is 5.56 Å². The Hall–Kier alpha value is -3.32. The van der Waals surface area contributed by atoms with E-state index < -0.39 is 17.4 Å². The lowest BCUT2D eigenvalue weighted by Gasteiger charge is -2.23. The van der Waals surface area contributed by atoms with Gasteiger partial charge in [0.1, 0.15) is 5.60 Å². The normalized spacial score (nSPS) is 27.5. The number of rotatable bonds is 7. The molecule has 2 saturated heterocycles. The highest BCUT2D eigenvalue weighted by molar-refractivity contribution is 5.99. The third-order valence-electron chi connectivity index (χ3n) is 6.65. The molecule has 4 atom stereocenters. The number of likely N-dealkylation sites (tertiary alicyclic amines) is 1. The van der Waals surface area contributed by atoms with Crippen LogP contribution < -0.4 is 14.8 Å². The summed E-state index contributed by atoms with van der Waals surface area (Å²) in [5.41, 5.74) is 1.05. The molecule has 2 bridgehead atoms. The van der Waals surface area contributed by atoms with E-state index in [4.69, 9.17) is 14.2 Å². The van der Waals surface area contributed by atoms with Crippen LogP contribution in [0, 0.1) is 11.8 Å². The van der Waals surface area contributed by atoms with E-state index >= 15 is 0 Å². The predicted octanol–water partition coefficient (Wildman–Crippen LogP) is 2.67. The van der Waals surface area contributed by atoms with Crippen LogP contribution in [0.4, 0.5) is 5.69 Å². The molecular weight excluding hydrogens is 408 g/mol. The smallest absolute Gasteiger partial charge is 0.231 e. The van der Waals surface area contributed by atoms with Crippen molar-refractivity contribution in [2.24, 2.45) is 11.8 Å². The van der Waals surface area contributed by atoms with Crippen molar-refractivity contribution in [2.45, 2.75) is 18.1 Å². The molecule has 2 amide bonds. The van der Waals surface area contributed by atoms with Crippen LogP contribution in [0.2, 0.25) is 0 Å². The zero-order valence-corrected chi connectivity index (χ0v) is 18.1. The highest BCUT2D eigenvalue weighted by Gasteiger charge is 2.66. The van der Waals surface area contributed by atoms with Crippen LogP contribution in [-0.4, -0.2) is 55.7 Å². The van der Waals surface area contributed by atoms with Gasteiger partial charge < -0.3 is 24.4 Å². The molecule has 1 N–H and O–H groups in total. The number of methoxy groups -OCH3 is 2. The van der Waals surface area contributed by atoms with Crippen molar-refractivity contribution in [2.75, 3.05) is 32.6 Å². The number of benzene rings is 2. The molecule has 3 aliphatic heterocycles. The summed E-state index contributed by atoms with van der Waals surface area (Å²) in [7, 11) is 3.10. The standard InChI is InChI=1S/C25H26N2O5/c1-30-18-9-8-17(14-20(18)31-2)26-23(28)21-19-10-12-25(32-19)15-27(24(29)22(21)25)13-11-16-6-4-3-5-7-16/h3-10,12,14,19,21-22H,11,13,15H2,1-2H3,(H,26,28)/t19-,21-,22+,25-/m1/s1. The summed E-state index contributed by atoms with van der Waals surface area (Å²) in [4.78, 5) is 28.4. The number of carbonyl (C=O) groups excluding carboxylic acids is 2. The van der Waals surface area contributed by atoms with Gasteiger partial charge in [-0.15, -0.1) is 0 Å². The maximum Gasteiger partial charge on any atom is 0.231 e. The van der Waals surface area contributed by atoms with Gasteiger partial charge >= 0.3 is 0 Å². The van der Waals surface area contributed by atoms with E-state index in [-0.39, 0.29) is 17.9 Å². The third-order valence-corrected chi connectivity index (χ3v) is 6.65. The van der Waals surface area contributed by atoms with Crippen molar-refractivity contribution in [3.63, 3.8) is 0 Å². The van der Waals surface area contributed by atoms with E-state index in [1.54, 1.807) is 32.4 Å². The van der Waals surface area contributed by atoms with Gasteiger partial charge in [-0.1, -0.05) is 42.5 Å². The van der Waals surface area contributed by atoms with Gasteiger partial charge in [-0.25, -0.2) is 0 Å². The number of hydrogen-bond acceptors (Lipinski definition) is 5. The van der Waals surface area contributed by atoms with Gasteiger partial charge in [-0.2, -0.15) is 0 Å². The molecule has 0 saturated carbocycles. The molecule has 0 unspecified atom stereocenters. The lowest BCUT2D eigenvalue weighted by Crippen LogP contribution is -2.41. The zero-order chi connectivity index (χ0) is 22.3. The number of nitrogens with zero attached hydrogens (tertiary/aromatic N) is 1. The van der Waals surface area contributed by atoms with Crippen molar-refractivity contribution in [3.05, 3.63) is 66.2 Å². The Morgan fingerprint density at radius 2 is 1.94 bits per heavy atom. The fraction of sp³-hybridized carbons (Fsp3) is 0.360. The predicted molar refractivity (Wildman–Crippen MR) is 119 cm³/mol. The number of nitrogens with one attached hydrogen (secondary N) is 1. The minimum absolute atomic E-state index is 0.0137. The molecule has 0 aliphatic carbocycles. The average molecular weight is 434 g/mol. The van der Waals surface area contributed by atoms with Gasteiger partial charge in [0, 0.05) is 18.3 Å². The largest absolute Gasteiger partial charge is 0.493 e. The van der Waals surface area contributed by atoms with Crippen molar-refractivity contribution >= 4 is 17.5 Å². The van der Waals surface area contributed by atoms with E-state index in [0.29, 0.717) is 30.3 Å². The first-order valence-corrected chi connectivity index (χ1v) is 10.8. The summed E-state index contributed by atoms with van der Waals surface area (Å²) < 4.78 is 16.8. The number of anilines is 1. The van der Waals surface area contributed by atoms with Crippen LogP contribution in [0.15, 0.2) is 60.7 Å². The Bertz CT molecular complexity index is 1070. The fourth-order valence-corrected chi connectivity index (χ4v) is 5.12. The summed E-state index contributed by atoms with van der Waals surface area (Å²) in [6.07, 6.45) is 4.28. The Kier molecular flexibility index (Phi) is 5.13. The van der Waals surface area contributed by atoms with Gasteiger partial charge in [0.25, 0.3) is 0 Å². The number of amides is 2. The Morgan fingerprint density at radius 1 is 1.16 bits per heavy atom. The first kappa shape index (κ1) is 20.6. The SMILES string of the molecule is COc1ccc(NC(=O)[C@H]2[C@H]3C(=O)N(CCc4ccccc4)C[C@]34C=C[C@H]2O4)cc1OC. The molecule has 0 radical (unpaired) electrons. The van der Waals surface area contributed by atoms with E-state index in [9.17, 15) is 9.59 Å². The summed E-state index contributed by atoms with van der Waals surface area (Å²) in [5, 5.41) is 2.94.